The minimum Gasteiger partial charge on any atom is -0.347 e. The summed E-state index contributed by atoms with van der Waals surface area (Å²) >= 11 is 12.3. The zero-order chi connectivity index (χ0) is 18.9. The Morgan fingerprint density at radius 2 is 1.70 bits per heavy atom. The molecule has 0 atom stereocenters. The van der Waals surface area contributed by atoms with Crippen molar-refractivity contribution >= 4 is 29.0 Å². The number of likely N-dealkylation sites (tertiary alicyclic amines) is 1. The van der Waals surface area contributed by atoms with Gasteiger partial charge in [0.1, 0.15) is 0 Å². The van der Waals surface area contributed by atoms with Crippen molar-refractivity contribution in [3.05, 3.63) is 69.2 Å². The number of hydrogen-bond acceptors (Lipinski definition) is 4. The van der Waals surface area contributed by atoms with Gasteiger partial charge in [-0.2, -0.15) is 0 Å². The Morgan fingerprint density at radius 1 is 1.00 bits per heavy atom. The molecule has 0 N–H and O–H groups in total. The molecule has 2 saturated heterocycles. The molecule has 2 heterocycles. The normalized spacial score (nSPS) is 19.5. The van der Waals surface area contributed by atoms with E-state index in [1.807, 2.05) is 24.3 Å². The average molecular weight is 406 g/mol. The van der Waals surface area contributed by atoms with Crippen LogP contribution in [0.3, 0.4) is 0 Å². The molecule has 2 aromatic carbocycles. The molecule has 1 spiro atoms. The Bertz CT molecular complexity index is 839. The summed E-state index contributed by atoms with van der Waals surface area (Å²) in [5.74, 6) is -0.491. The number of nitrogens with zero attached hydrogens (tertiary/aromatic N) is 1. The molecule has 142 valence electrons. The van der Waals surface area contributed by atoms with Gasteiger partial charge in [0.05, 0.1) is 18.2 Å². The Kier molecular flexibility index (Phi) is 5.53. The molecule has 0 saturated carbocycles. The van der Waals surface area contributed by atoms with Gasteiger partial charge in [0.15, 0.2) is 11.6 Å². The fourth-order valence-electron chi connectivity index (χ4n) is 3.77. The SMILES string of the molecule is O=C(c1cc(Cl)ccc1Cl)c1ccccc1CN1CCC2(CC1)OCCO2. The average Bonchev–Trinajstić information content (AvgIpc) is 3.14. The van der Waals surface area contributed by atoms with Crippen molar-refractivity contribution in [3.63, 3.8) is 0 Å². The Morgan fingerprint density at radius 3 is 2.44 bits per heavy atom. The van der Waals surface area contributed by atoms with E-state index >= 15 is 0 Å². The third-order valence-electron chi connectivity index (χ3n) is 5.26. The van der Waals surface area contributed by atoms with Gasteiger partial charge >= 0.3 is 0 Å². The standard InChI is InChI=1S/C21H21Cl2NO3/c22-16-5-6-19(23)18(13-16)20(25)17-4-2-1-3-15(17)14-24-9-7-21(8-10-24)26-11-12-27-21/h1-6,13H,7-12,14H2. The summed E-state index contributed by atoms with van der Waals surface area (Å²) in [7, 11) is 0. The van der Waals surface area contributed by atoms with Gasteiger partial charge in [0.2, 0.25) is 0 Å². The van der Waals surface area contributed by atoms with Crippen molar-refractivity contribution in [2.75, 3.05) is 26.3 Å². The van der Waals surface area contributed by atoms with Gasteiger partial charge in [-0.05, 0) is 23.8 Å². The maximum Gasteiger partial charge on any atom is 0.194 e. The monoisotopic (exact) mass is 405 g/mol. The van der Waals surface area contributed by atoms with Gasteiger partial charge in [-0.15, -0.1) is 0 Å². The molecule has 6 heteroatoms. The molecule has 0 unspecified atom stereocenters. The third-order valence-corrected chi connectivity index (χ3v) is 5.83. The summed E-state index contributed by atoms with van der Waals surface area (Å²) in [6, 6.07) is 12.7. The lowest BCUT2D eigenvalue weighted by Crippen LogP contribution is -2.44. The van der Waals surface area contributed by atoms with Crippen molar-refractivity contribution in [2.45, 2.75) is 25.2 Å². The molecule has 4 nitrogen and oxygen atoms in total. The predicted octanol–water partition coefficient (Wildman–Crippen LogP) is 4.56. The first kappa shape index (κ1) is 18.9. The summed E-state index contributed by atoms with van der Waals surface area (Å²) in [4.78, 5) is 15.4. The van der Waals surface area contributed by atoms with Crippen LogP contribution in [0, 0.1) is 0 Å². The molecule has 2 aromatic rings. The maximum atomic E-state index is 13.1. The number of carbonyl (C=O) groups is 1. The van der Waals surface area contributed by atoms with Crippen LogP contribution in [-0.2, 0) is 16.0 Å². The van der Waals surface area contributed by atoms with Crippen molar-refractivity contribution in [1.82, 2.24) is 4.90 Å². The van der Waals surface area contributed by atoms with Crippen LogP contribution in [0.2, 0.25) is 10.0 Å². The van der Waals surface area contributed by atoms with E-state index < -0.39 is 0 Å². The summed E-state index contributed by atoms with van der Waals surface area (Å²) in [6.45, 7) is 3.81. The van der Waals surface area contributed by atoms with Crippen LogP contribution in [0.5, 0.6) is 0 Å². The molecular weight excluding hydrogens is 385 g/mol. The van der Waals surface area contributed by atoms with Crippen molar-refractivity contribution < 1.29 is 14.3 Å². The maximum absolute atomic E-state index is 13.1. The van der Waals surface area contributed by atoms with E-state index in [2.05, 4.69) is 4.90 Å². The molecular formula is C21H21Cl2NO3. The van der Waals surface area contributed by atoms with Crippen LogP contribution in [-0.4, -0.2) is 42.8 Å². The van der Waals surface area contributed by atoms with Crippen LogP contribution in [0.15, 0.2) is 42.5 Å². The van der Waals surface area contributed by atoms with Gasteiger partial charge in [0.25, 0.3) is 0 Å². The highest BCUT2D eigenvalue weighted by atomic mass is 35.5. The van der Waals surface area contributed by atoms with E-state index in [9.17, 15) is 4.79 Å². The van der Waals surface area contributed by atoms with Gasteiger partial charge < -0.3 is 9.47 Å². The number of hydrogen-bond donors (Lipinski definition) is 0. The number of piperidine rings is 1. The number of halogens is 2. The van der Waals surface area contributed by atoms with Crippen LogP contribution in [0.25, 0.3) is 0 Å². The van der Waals surface area contributed by atoms with E-state index in [0.29, 0.717) is 40.9 Å². The number of carbonyl (C=O) groups excluding carboxylic acids is 1. The Balaban J connectivity index is 1.52. The Hall–Kier alpha value is -1.43. The second-order valence-corrected chi connectivity index (χ2v) is 7.84. The molecule has 4 rings (SSSR count). The lowest BCUT2D eigenvalue weighted by molar-refractivity contribution is -0.185. The largest absolute Gasteiger partial charge is 0.347 e. The molecule has 0 bridgehead atoms. The van der Waals surface area contributed by atoms with E-state index in [1.54, 1.807) is 18.2 Å². The summed E-state index contributed by atoms with van der Waals surface area (Å²) < 4.78 is 11.6. The zero-order valence-corrected chi connectivity index (χ0v) is 16.4. The van der Waals surface area contributed by atoms with Crippen molar-refractivity contribution in [2.24, 2.45) is 0 Å². The molecule has 2 aliphatic rings. The minimum absolute atomic E-state index is 0.103. The first-order valence-corrected chi connectivity index (χ1v) is 9.90. The third kappa shape index (κ3) is 4.05. The number of rotatable bonds is 4. The summed E-state index contributed by atoms with van der Waals surface area (Å²) in [5, 5.41) is 0.910. The number of ketones is 1. The van der Waals surface area contributed by atoms with Gasteiger partial charge in [-0.3, -0.25) is 9.69 Å². The molecule has 0 amide bonds. The molecule has 2 fully saturated rings. The van der Waals surface area contributed by atoms with E-state index in [1.165, 1.54) is 0 Å². The highest BCUT2D eigenvalue weighted by molar-refractivity contribution is 6.36. The topological polar surface area (TPSA) is 38.8 Å². The Labute approximate surface area is 169 Å². The van der Waals surface area contributed by atoms with E-state index in [4.69, 9.17) is 32.7 Å². The fraction of sp³-hybridized carbons (Fsp3) is 0.381. The fourth-order valence-corrected chi connectivity index (χ4v) is 4.15. The molecule has 0 aliphatic carbocycles. The van der Waals surface area contributed by atoms with Gasteiger partial charge in [0, 0.05) is 48.6 Å². The minimum atomic E-state index is -0.389. The lowest BCUT2D eigenvalue weighted by atomic mass is 9.96. The highest BCUT2D eigenvalue weighted by Gasteiger charge is 2.39. The van der Waals surface area contributed by atoms with Crippen LogP contribution < -0.4 is 0 Å². The first-order valence-electron chi connectivity index (χ1n) is 9.14. The van der Waals surface area contributed by atoms with E-state index in [0.717, 1.165) is 31.5 Å². The smallest absolute Gasteiger partial charge is 0.194 e. The predicted molar refractivity (Wildman–Crippen MR) is 105 cm³/mol. The van der Waals surface area contributed by atoms with Crippen LogP contribution >= 0.6 is 23.2 Å². The van der Waals surface area contributed by atoms with Crippen molar-refractivity contribution in [1.29, 1.82) is 0 Å². The second kappa shape index (κ2) is 7.90. The van der Waals surface area contributed by atoms with E-state index in [-0.39, 0.29) is 11.6 Å². The lowest BCUT2D eigenvalue weighted by Gasteiger charge is -2.37. The highest BCUT2D eigenvalue weighted by Crippen LogP contribution is 2.32. The number of benzene rings is 2. The molecule has 2 aliphatic heterocycles. The number of ether oxygens (including phenoxy) is 2. The second-order valence-electron chi connectivity index (χ2n) is 6.99. The zero-order valence-electron chi connectivity index (χ0n) is 14.9. The van der Waals surface area contributed by atoms with Crippen LogP contribution in [0.4, 0.5) is 0 Å². The molecule has 0 radical (unpaired) electrons. The van der Waals surface area contributed by atoms with Crippen molar-refractivity contribution in [3.8, 4) is 0 Å². The first-order chi connectivity index (χ1) is 13.1. The van der Waals surface area contributed by atoms with Gasteiger partial charge in [-0.1, -0.05) is 47.5 Å². The molecule has 0 aromatic heterocycles. The summed E-state index contributed by atoms with van der Waals surface area (Å²) in [6.07, 6.45) is 1.70. The van der Waals surface area contributed by atoms with Gasteiger partial charge in [-0.25, -0.2) is 0 Å². The summed E-state index contributed by atoms with van der Waals surface area (Å²) in [5.41, 5.74) is 2.08. The quantitative estimate of drug-likeness (QED) is 0.698. The molecule has 27 heavy (non-hydrogen) atoms. The van der Waals surface area contributed by atoms with Crippen LogP contribution in [0.1, 0.15) is 34.3 Å².